The molecule has 2 heterocycles. The van der Waals surface area contributed by atoms with E-state index in [9.17, 15) is 0 Å². The van der Waals surface area contributed by atoms with E-state index < -0.39 is 0 Å². The Hall–Kier alpha value is -3.18. The molecule has 4 nitrogen and oxygen atoms in total. The quantitative estimate of drug-likeness (QED) is 0.346. The molecular formula is C22H12BrN3O. The van der Waals surface area contributed by atoms with Crippen molar-refractivity contribution in [2.24, 2.45) is 0 Å². The number of aromatic nitrogens is 2. The lowest BCUT2D eigenvalue weighted by molar-refractivity contribution is 0.477. The SMILES string of the molecule is Brc1cc2c(cc1N1c3ccccc3Oc3ccccc31)=c1nccnc1=2. The first-order valence-electron chi connectivity index (χ1n) is 8.62. The highest BCUT2D eigenvalue weighted by Gasteiger charge is 2.27. The predicted octanol–water partition coefficient (Wildman–Crippen LogP) is 5.70. The number of para-hydroxylation sites is 4. The number of fused-ring (bicyclic) bond motifs is 4. The molecule has 128 valence electrons. The van der Waals surface area contributed by atoms with Crippen LogP contribution in [0.15, 0.2) is 77.5 Å². The lowest BCUT2D eigenvalue weighted by atomic mass is 10.1. The van der Waals surface area contributed by atoms with Gasteiger partial charge >= 0.3 is 0 Å². The van der Waals surface area contributed by atoms with Gasteiger partial charge < -0.3 is 9.64 Å². The van der Waals surface area contributed by atoms with Crippen LogP contribution in [0.3, 0.4) is 0 Å². The molecular weight excluding hydrogens is 402 g/mol. The number of anilines is 3. The van der Waals surface area contributed by atoms with Crippen LogP contribution in [0.4, 0.5) is 17.1 Å². The first kappa shape index (κ1) is 14.9. The van der Waals surface area contributed by atoms with Crippen molar-refractivity contribution in [1.29, 1.82) is 0 Å². The van der Waals surface area contributed by atoms with Crippen molar-refractivity contribution < 1.29 is 4.74 Å². The van der Waals surface area contributed by atoms with E-state index in [4.69, 9.17) is 4.74 Å². The number of hydrogen-bond acceptors (Lipinski definition) is 4. The van der Waals surface area contributed by atoms with Crippen LogP contribution in [0, 0.1) is 21.1 Å². The van der Waals surface area contributed by atoms with Crippen LogP contribution < -0.4 is 9.64 Å². The second kappa shape index (κ2) is 5.41. The van der Waals surface area contributed by atoms with Gasteiger partial charge in [-0.1, -0.05) is 24.3 Å². The van der Waals surface area contributed by atoms with Crippen molar-refractivity contribution in [3.63, 3.8) is 0 Å². The van der Waals surface area contributed by atoms with Crippen LogP contribution in [-0.4, -0.2) is 9.97 Å². The fourth-order valence-electron chi connectivity index (χ4n) is 3.76. The summed E-state index contributed by atoms with van der Waals surface area (Å²) >= 11 is 3.78. The van der Waals surface area contributed by atoms with Crippen LogP contribution in [-0.2, 0) is 0 Å². The van der Waals surface area contributed by atoms with Crippen molar-refractivity contribution in [2.45, 2.75) is 0 Å². The Morgan fingerprint density at radius 2 is 1.26 bits per heavy atom. The Kier molecular flexibility index (Phi) is 2.99. The summed E-state index contributed by atoms with van der Waals surface area (Å²) in [4.78, 5) is 11.2. The molecule has 0 unspecified atom stereocenters. The molecule has 0 saturated carbocycles. The summed E-state index contributed by atoms with van der Waals surface area (Å²) in [5.74, 6) is 1.68. The molecule has 1 aromatic heterocycles. The smallest absolute Gasteiger partial charge is 0.151 e. The molecule has 0 spiro atoms. The van der Waals surface area contributed by atoms with E-state index in [2.05, 4.69) is 55.1 Å². The van der Waals surface area contributed by atoms with Gasteiger partial charge in [-0.3, -0.25) is 9.97 Å². The lowest BCUT2D eigenvalue weighted by Crippen LogP contribution is -2.16. The summed E-state index contributed by atoms with van der Waals surface area (Å²) in [6.07, 6.45) is 3.47. The molecule has 0 saturated heterocycles. The second-order valence-electron chi connectivity index (χ2n) is 6.48. The molecule has 1 aliphatic heterocycles. The van der Waals surface area contributed by atoms with E-state index in [1.165, 1.54) is 0 Å². The van der Waals surface area contributed by atoms with E-state index in [1.54, 1.807) is 12.4 Å². The normalized spacial score (nSPS) is 12.9. The molecule has 0 fully saturated rings. The van der Waals surface area contributed by atoms with Crippen LogP contribution in [0.5, 0.6) is 11.5 Å². The number of rotatable bonds is 1. The fourth-order valence-corrected chi connectivity index (χ4v) is 4.28. The molecule has 4 aromatic rings. The molecule has 2 aliphatic rings. The molecule has 0 radical (unpaired) electrons. The zero-order valence-corrected chi connectivity index (χ0v) is 15.6. The van der Waals surface area contributed by atoms with Gasteiger partial charge in [0.15, 0.2) is 11.5 Å². The Bertz CT molecular complexity index is 1390. The Morgan fingerprint density at radius 3 is 1.89 bits per heavy atom. The number of ether oxygens (including phenoxy) is 1. The fraction of sp³-hybridized carbons (Fsp3) is 0. The average molecular weight is 414 g/mol. The predicted molar refractivity (Wildman–Crippen MR) is 106 cm³/mol. The van der Waals surface area contributed by atoms with Gasteiger partial charge in [0.25, 0.3) is 0 Å². The highest BCUT2D eigenvalue weighted by molar-refractivity contribution is 9.10. The van der Waals surface area contributed by atoms with Gasteiger partial charge in [0.05, 0.1) is 27.8 Å². The summed E-state index contributed by atoms with van der Waals surface area (Å²) in [6.45, 7) is 0. The third-order valence-corrected chi connectivity index (χ3v) is 5.60. The Balaban J connectivity index is 1.68. The molecule has 3 aromatic carbocycles. The maximum atomic E-state index is 6.11. The van der Waals surface area contributed by atoms with Gasteiger partial charge in [-0.05, 0) is 52.3 Å². The Morgan fingerprint density at radius 1 is 0.704 bits per heavy atom. The number of nitrogens with zero attached hydrogens (tertiary/aromatic N) is 3. The highest BCUT2D eigenvalue weighted by atomic mass is 79.9. The second-order valence-corrected chi connectivity index (χ2v) is 7.33. The summed E-state index contributed by atoms with van der Waals surface area (Å²) in [6, 6.07) is 20.5. The van der Waals surface area contributed by atoms with E-state index in [0.29, 0.717) is 0 Å². The molecule has 27 heavy (non-hydrogen) atoms. The minimum absolute atomic E-state index is 0.839. The molecule has 0 atom stereocenters. The number of benzene rings is 3. The molecule has 6 rings (SSSR count). The topological polar surface area (TPSA) is 38.2 Å². The monoisotopic (exact) mass is 413 g/mol. The first-order valence-corrected chi connectivity index (χ1v) is 9.42. The van der Waals surface area contributed by atoms with Gasteiger partial charge in [-0.25, -0.2) is 0 Å². The largest absolute Gasteiger partial charge is 0.453 e. The van der Waals surface area contributed by atoms with E-state index >= 15 is 0 Å². The molecule has 5 heteroatoms. The number of hydrogen-bond donors (Lipinski definition) is 0. The maximum Gasteiger partial charge on any atom is 0.151 e. The molecule has 0 N–H and O–H groups in total. The summed E-state index contributed by atoms with van der Waals surface area (Å²) < 4.78 is 7.12. The third-order valence-electron chi connectivity index (χ3n) is 4.97. The molecule has 1 aliphatic carbocycles. The van der Waals surface area contributed by atoms with Crippen LogP contribution in [0.2, 0.25) is 0 Å². The third kappa shape index (κ3) is 2.03. The van der Waals surface area contributed by atoms with Gasteiger partial charge in [0, 0.05) is 27.3 Å². The number of halogens is 1. The van der Waals surface area contributed by atoms with Crippen LogP contribution in [0.25, 0.3) is 0 Å². The summed E-state index contributed by atoms with van der Waals surface area (Å²) in [7, 11) is 0. The van der Waals surface area contributed by atoms with Gasteiger partial charge in [-0.2, -0.15) is 0 Å². The lowest BCUT2D eigenvalue weighted by Gasteiger charge is -2.33. The van der Waals surface area contributed by atoms with Crippen molar-refractivity contribution in [3.8, 4) is 11.5 Å². The Labute approximate surface area is 162 Å². The van der Waals surface area contributed by atoms with E-state index in [-0.39, 0.29) is 0 Å². The van der Waals surface area contributed by atoms with Crippen molar-refractivity contribution in [2.75, 3.05) is 4.90 Å². The molecule has 0 amide bonds. The van der Waals surface area contributed by atoms with Gasteiger partial charge in [-0.15, -0.1) is 0 Å². The zero-order valence-electron chi connectivity index (χ0n) is 14.1. The minimum Gasteiger partial charge on any atom is -0.453 e. The van der Waals surface area contributed by atoms with E-state index in [0.717, 1.165) is 54.2 Å². The average Bonchev–Trinajstić information content (AvgIpc) is 2.71. The van der Waals surface area contributed by atoms with Gasteiger partial charge in [0.1, 0.15) is 0 Å². The molecule has 0 bridgehead atoms. The summed E-state index contributed by atoms with van der Waals surface area (Å²) in [5.41, 5.74) is 3.07. The maximum absolute atomic E-state index is 6.11. The highest BCUT2D eigenvalue weighted by Crippen LogP contribution is 2.51. The van der Waals surface area contributed by atoms with Crippen LogP contribution >= 0.6 is 15.9 Å². The van der Waals surface area contributed by atoms with E-state index in [1.807, 2.05) is 36.4 Å². The van der Waals surface area contributed by atoms with Crippen molar-refractivity contribution >= 4 is 33.0 Å². The summed E-state index contributed by atoms with van der Waals surface area (Å²) in [5, 5.41) is 4.17. The minimum atomic E-state index is 0.839. The van der Waals surface area contributed by atoms with Crippen LogP contribution in [0.1, 0.15) is 0 Å². The van der Waals surface area contributed by atoms with Gasteiger partial charge in [0.2, 0.25) is 0 Å². The van der Waals surface area contributed by atoms with Crippen molar-refractivity contribution in [3.05, 3.63) is 98.7 Å². The zero-order chi connectivity index (χ0) is 18.0. The van der Waals surface area contributed by atoms with Crippen molar-refractivity contribution in [1.82, 2.24) is 9.97 Å². The first-order chi connectivity index (χ1) is 13.3. The standard InChI is InChI=1S/C22H12BrN3O/c23-15-11-13-14(22-21(13)24-9-10-25-22)12-18(15)26-16-5-1-3-7-19(16)27-20-8-4-2-6-17(20)26/h1-12H.